The number of hydrogen-bond donors (Lipinski definition) is 0. The van der Waals surface area contributed by atoms with E-state index in [1.165, 1.54) is 11.0 Å². The second-order valence-corrected chi connectivity index (χ2v) is 6.30. The molecule has 0 unspecified atom stereocenters. The number of ketones is 1. The van der Waals surface area contributed by atoms with Crippen LogP contribution in [-0.2, 0) is 11.2 Å². The number of ether oxygens (including phenoxy) is 1. The maximum atomic E-state index is 12.3. The third kappa shape index (κ3) is 3.84. The molecule has 0 radical (unpaired) electrons. The minimum absolute atomic E-state index is 0.0810. The number of halogens is 4. The molecule has 0 aromatic heterocycles. The Morgan fingerprint density at radius 1 is 1.04 bits per heavy atom. The first-order chi connectivity index (χ1) is 11.7. The predicted molar refractivity (Wildman–Crippen MR) is 87.7 cm³/mol. The van der Waals surface area contributed by atoms with Crippen molar-refractivity contribution in [3.05, 3.63) is 58.1 Å². The highest BCUT2D eigenvalue weighted by atomic mass is 79.9. The monoisotopic (exact) mass is 413 g/mol. The SMILES string of the molecule is O=C1C(=O)N(CCc2ccc(Br)cc2)c2ccc(OC(F)(F)F)cc21. The predicted octanol–water partition coefficient (Wildman–Crippen LogP) is 4.12. The Hall–Kier alpha value is -2.35. The molecule has 25 heavy (non-hydrogen) atoms. The van der Waals surface area contributed by atoms with Crippen LogP contribution in [0.1, 0.15) is 15.9 Å². The Morgan fingerprint density at radius 3 is 2.36 bits per heavy atom. The summed E-state index contributed by atoms with van der Waals surface area (Å²) in [7, 11) is 0. The number of alkyl halides is 3. The number of benzene rings is 2. The molecule has 0 saturated carbocycles. The van der Waals surface area contributed by atoms with E-state index in [4.69, 9.17) is 0 Å². The zero-order valence-corrected chi connectivity index (χ0v) is 14.2. The molecule has 0 bridgehead atoms. The van der Waals surface area contributed by atoms with Crippen LogP contribution in [-0.4, -0.2) is 24.6 Å². The molecule has 2 aromatic carbocycles. The zero-order valence-electron chi connectivity index (χ0n) is 12.6. The molecule has 1 heterocycles. The van der Waals surface area contributed by atoms with Gasteiger partial charge in [0.05, 0.1) is 11.3 Å². The standard InChI is InChI=1S/C17H11BrF3NO3/c18-11-3-1-10(2-4-11)7-8-22-14-6-5-12(25-17(19,20)21)9-13(14)15(23)16(22)24/h1-6,9H,7-8H2. The normalized spacial score (nSPS) is 14.0. The van der Waals surface area contributed by atoms with Crippen LogP contribution in [0.25, 0.3) is 0 Å². The van der Waals surface area contributed by atoms with Crippen molar-refractivity contribution >= 4 is 33.3 Å². The first kappa shape index (κ1) is 17.5. The lowest BCUT2D eigenvalue weighted by molar-refractivity contribution is -0.274. The van der Waals surface area contributed by atoms with Crippen LogP contribution < -0.4 is 9.64 Å². The van der Waals surface area contributed by atoms with Crippen molar-refractivity contribution < 1.29 is 27.5 Å². The number of nitrogens with zero attached hydrogens (tertiary/aromatic N) is 1. The minimum atomic E-state index is -4.86. The molecular weight excluding hydrogens is 403 g/mol. The van der Waals surface area contributed by atoms with Gasteiger partial charge in [-0.25, -0.2) is 0 Å². The fraction of sp³-hybridized carbons (Fsp3) is 0.176. The molecule has 2 aromatic rings. The number of rotatable bonds is 4. The van der Waals surface area contributed by atoms with Gasteiger partial charge in [-0.3, -0.25) is 9.59 Å². The smallest absolute Gasteiger partial charge is 0.406 e. The highest BCUT2D eigenvalue weighted by Gasteiger charge is 2.37. The summed E-state index contributed by atoms with van der Waals surface area (Å²) < 4.78 is 41.6. The van der Waals surface area contributed by atoms with Crippen LogP contribution >= 0.6 is 15.9 Å². The van der Waals surface area contributed by atoms with E-state index < -0.39 is 23.8 Å². The number of anilines is 1. The zero-order chi connectivity index (χ0) is 18.2. The molecule has 3 rings (SSSR count). The van der Waals surface area contributed by atoms with Gasteiger partial charge in [-0.2, -0.15) is 0 Å². The van der Waals surface area contributed by atoms with Crippen LogP contribution in [0.2, 0.25) is 0 Å². The number of fused-ring (bicyclic) bond motifs is 1. The van der Waals surface area contributed by atoms with Crippen LogP contribution in [0, 0.1) is 0 Å². The minimum Gasteiger partial charge on any atom is -0.406 e. The molecule has 0 saturated heterocycles. The van der Waals surface area contributed by atoms with Crippen LogP contribution in [0.3, 0.4) is 0 Å². The molecule has 0 spiro atoms. The van der Waals surface area contributed by atoms with Crippen LogP contribution in [0.4, 0.5) is 18.9 Å². The van der Waals surface area contributed by atoms with Gasteiger partial charge in [0.1, 0.15) is 5.75 Å². The van der Waals surface area contributed by atoms with Crippen molar-refractivity contribution in [2.45, 2.75) is 12.8 Å². The molecule has 1 amide bonds. The van der Waals surface area contributed by atoms with Crippen molar-refractivity contribution in [1.82, 2.24) is 0 Å². The summed E-state index contributed by atoms with van der Waals surface area (Å²) in [5, 5.41) is 0. The van der Waals surface area contributed by atoms with Gasteiger partial charge in [-0.15, -0.1) is 13.2 Å². The fourth-order valence-corrected chi connectivity index (χ4v) is 2.85. The first-order valence-electron chi connectivity index (χ1n) is 7.25. The van der Waals surface area contributed by atoms with Gasteiger partial charge in [-0.1, -0.05) is 28.1 Å². The second kappa shape index (κ2) is 6.51. The lowest BCUT2D eigenvalue weighted by Crippen LogP contribution is -2.31. The van der Waals surface area contributed by atoms with Gasteiger partial charge < -0.3 is 9.64 Å². The maximum Gasteiger partial charge on any atom is 0.573 e. The van der Waals surface area contributed by atoms with E-state index in [0.29, 0.717) is 12.1 Å². The van der Waals surface area contributed by atoms with Crippen LogP contribution in [0.15, 0.2) is 46.9 Å². The Bertz CT molecular complexity index is 834. The summed E-state index contributed by atoms with van der Waals surface area (Å²) in [6.45, 7) is 0.249. The van der Waals surface area contributed by atoms with E-state index in [9.17, 15) is 22.8 Å². The number of hydrogen-bond acceptors (Lipinski definition) is 3. The fourth-order valence-electron chi connectivity index (χ4n) is 2.59. The van der Waals surface area contributed by atoms with Gasteiger partial charge in [-0.05, 0) is 42.3 Å². The summed E-state index contributed by atoms with van der Waals surface area (Å²) in [5.41, 5.74) is 1.18. The van der Waals surface area contributed by atoms with Crippen molar-refractivity contribution in [3.63, 3.8) is 0 Å². The molecule has 8 heteroatoms. The average Bonchev–Trinajstić information content (AvgIpc) is 2.77. The topological polar surface area (TPSA) is 46.6 Å². The van der Waals surface area contributed by atoms with Gasteiger partial charge in [0.2, 0.25) is 0 Å². The third-order valence-electron chi connectivity index (χ3n) is 3.71. The summed E-state index contributed by atoms with van der Waals surface area (Å²) in [5.74, 6) is -2.11. The number of Topliss-reactive ketones (excluding diaryl/α,β-unsaturated/α-hetero) is 1. The molecule has 1 aliphatic rings. The van der Waals surface area contributed by atoms with Crippen molar-refractivity contribution in [1.29, 1.82) is 0 Å². The second-order valence-electron chi connectivity index (χ2n) is 5.39. The van der Waals surface area contributed by atoms with E-state index in [1.807, 2.05) is 24.3 Å². The van der Waals surface area contributed by atoms with Gasteiger partial charge in [0, 0.05) is 11.0 Å². The molecule has 0 N–H and O–H groups in total. The van der Waals surface area contributed by atoms with Gasteiger partial charge in [0.25, 0.3) is 11.7 Å². The molecule has 1 aliphatic heterocycles. The quantitative estimate of drug-likeness (QED) is 0.708. The highest BCUT2D eigenvalue weighted by molar-refractivity contribution is 9.10. The molecule has 130 valence electrons. The van der Waals surface area contributed by atoms with E-state index >= 15 is 0 Å². The van der Waals surface area contributed by atoms with E-state index in [2.05, 4.69) is 20.7 Å². The van der Waals surface area contributed by atoms with Gasteiger partial charge >= 0.3 is 6.36 Å². The lowest BCUT2D eigenvalue weighted by Gasteiger charge is -2.17. The van der Waals surface area contributed by atoms with Gasteiger partial charge in [0.15, 0.2) is 0 Å². The Morgan fingerprint density at radius 2 is 1.72 bits per heavy atom. The summed E-state index contributed by atoms with van der Waals surface area (Å²) in [6, 6.07) is 10.8. The van der Waals surface area contributed by atoms with Crippen LogP contribution in [0.5, 0.6) is 5.75 Å². The van der Waals surface area contributed by atoms with E-state index in [0.717, 1.165) is 22.2 Å². The summed E-state index contributed by atoms with van der Waals surface area (Å²) in [4.78, 5) is 25.5. The summed E-state index contributed by atoms with van der Waals surface area (Å²) >= 11 is 3.33. The number of carbonyl (C=O) groups excluding carboxylic acids is 2. The Kier molecular flexibility index (Phi) is 4.55. The highest BCUT2D eigenvalue weighted by Crippen LogP contribution is 2.34. The first-order valence-corrected chi connectivity index (χ1v) is 8.04. The number of carbonyl (C=O) groups is 2. The summed E-state index contributed by atoms with van der Waals surface area (Å²) in [6.07, 6.45) is -4.35. The molecule has 0 atom stereocenters. The Labute approximate surface area is 149 Å². The molecule has 4 nitrogen and oxygen atoms in total. The van der Waals surface area contributed by atoms with Crippen molar-refractivity contribution in [2.75, 3.05) is 11.4 Å². The third-order valence-corrected chi connectivity index (χ3v) is 4.24. The average molecular weight is 414 g/mol. The number of amides is 1. The van der Waals surface area contributed by atoms with Crippen molar-refractivity contribution in [2.24, 2.45) is 0 Å². The van der Waals surface area contributed by atoms with E-state index in [1.54, 1.807) is 0 Å². The molecule has 0 fully saturated rings. The van der Waals surface area contributed by atoms with Crippen molar-refractivity contribution in [3.8, 4) is 5.75 Å². The molecule has 0 aliphatic carbocycles. The molecular formula is C17H11BrF3NO3. The lowest BCUT2D eigenvalue weighted by atomic mass is 10.1. The maximum absolute atomic E-state index is 12.3. The Balaban J connectivity index is 1.80. The largest absolute Gasteiger partial charge is 0.573 e. The van der Waals surface area contributed by atoms with E-state index in [-0.39, 0.29) is 12.1 Å².